The van der Waals surface area contributed by atoms with Gasteiger partial charge >= 0.3 is 5.97 Å². The minimum atomic E-state index is -1.30. The Morgan fingerprint density at radius 2 is 1.89 bits per heavy atom. The molecule has 0 aromatic rings. The average Bonchev–Trinajstić information content (AvgIpc) is 3.34. The van der Waals surface area contributed by atoms with Crippen LogP contribution in [0.25, 0.3) is 0 Å². The normalized spacial score (nSPS) is 24.3. The Labute approximate surface area is 162 Å². The van der Waals surface area contributed by atoms with Crippen molar-refractivity contribution in [2.24, 2.45) is 0 Å². The lowest BCUT2D eigenvalue weighted by molar-refractivity contribution is -0.143. The number of carboxylic acids is 1. The van der Waals surface area contributed by atoms with Crippen molar-refractivity contribution in [2.75, 3.05) is 25.4 Å². The van der Waals surface area contributed by atoms with E-state index < -0.39 is 42.5 Å². The summed E-state index contributed by atoms with van der Waals surface area (Å²) in [5, 5.41) is 26.1. The molecule has 3 amide bonds. The number of aliphatic hydroxyl groups is 1. The van der Waals surface area contributed by atoms with E-state index in [0.717, 1.165) is 19.4 Å². The second-order valence-electron chi connectivity index (χ2n) is 6.66. The van der Waals surface area contributed by atoms with Gasteiger partial charge in [0.2, 0.25) is 17.7 Å². The lowest BCUT2D eigenvalue weighted by atomic mass is 10.1. The van der Waals surface area contributed by atoms with Crippen molar-refractivity contribution in [3.63, 3.8) is 0 Å². The van der Waals surface area contributed by atoms with Gasteiger partial charge in [-0.3, -0.25) is 14.4 Å². The Kier molecular flexibility index (Phi) is 7.87. The highest BCUT2D eigenvalue weighted by atomic mass is 32.1. The number of nitrogens with one attached hydrogen (secondary N) is 3. The van der Waals surface area contributed by atoms with E-state index in [4.69, 9.17) is 5.11 Å². The molecule has 2 rings (SSSR count). The maximum absolute atomic E-state index is 12.6. The number of hydrogen-bond acceptors (Lipinski definition) is 7. The first-order chi connectivity index (χ1) is 12.9. The molecule has 27 heavy (non-hydrogen) atoms. The molecule has 0 bridgehead atoms. The standard InChI is InChI=1S/C16H26N4O6S/c21-7-10(13(22)19-11(8-27)16(25)26)18-14(23)12-4-2-6-20(12)15(24)9-3-1-5-17-9/h9-12,17,21,27H,1-8H2,(H,18,23)(H,19,22)(H,25,26). The van der Waals surface area contributed by atoms with E-state index in [1.807, 2.05) is 0 Å². The van der Waals surface area contributed by atoms with E-state index in [9.17, 15) is 24.3 Å². The van der Waals surface area contributed by atoms with E-state index in [1.54, 1.807) is 0 Å². The first kappa shape index (κ1) is 21.5. The molecule has 0 aliphatic carbocycles. The van der Waals surface area contributed by atoms with Crippen LogP contribution in [0.4, 0.5) is 0 Å². The van der Waals surface area contributed by atoms with Gasteiger partial charge < -0.3 is 31.1 Å². The van der Waals surface area contributed by atoms with Gasteiger partial charge in [-0.15, -0.1) is 0 Å². The monoisotopic (exact) mass is 402 g/mol. The number of carboxylic acid groups (broad SMARTS) is 1. The number of amides is 3. The first-order valence-electron chi connectivity index (χ1n) is 8.98. The third kappa shape index (κ3) is 5.33. The average molecular weight is 402 g/mol. The predicted octanol–water partition coefficient (Wildman–Crippen LogP) is -2.29. The molecule has 0 saturated carbocycles. The maximum Gasteiger partial charge on any atom is 0.327 e. The van der Waals surface area contributed by atoms with Crippen LogP contribution >= 0.6 is 12.6 Å². The van der Waals surface area contributed by atoms with Crippen LogP contribution in [-0.2, 0) is 19.2 Å². The summed E-state index contributed by atoms with van der Waals surface area (Å²) in [6.07, 6.45) is 2.78. The number of hydrogen-bond donors (Lipinski definition) is 6. The van der Waals surface area contributed by atoms with E-state index in [1.165, 1.54) is 4.90 Å². The van der Waals surface area contributed by atoms with Crippen molar-refractivity contribution in [3.05, 3.63) is 0 Å². The number of aliphatic carboxylic acids is 1. The Hall–Kier alpha value is -1.85. The quantitative estimate of drug-likeness (QED) is 0.250. The van der Waals surface area contributed by atoms with Crippen LogP contribution in [0, 0.1) is 0 Å². The lowest BCUT2D eigenvalue weighted by Crippen LogP contribution is -2.57. The third-order valence-electron chi connectivity index (χ3n) is 4.81. The summed E-state index contributed by atoms with van der Waals surface area (Å²) in [5.41, 5.74) is 0. The second kappa shape index (κ2) is 9.90. The van der Waals surface area contributed by atoms with Crippen LogP contribution < -0.4 is 16.0 Å². The Balaban J connectivity index is 1.97. The molecular weight excluding hydrogens is 376 g/mol. The molecule has 4 atom stereocenters. The van der Waals surface area contributed by atoms with Crippen LogP contribution in [0.5, 0.6) is 0 Å². The van der Waals surface area contributed by atoms with Gasteiger partial charge in [0.05, 0.1) is 12.6 Å². The predicted molar refractivity (Wildman–Crippen MR) is 98.2 cm³/mol. The van der Waals surface area contributed by atoms with E-state index in [2.05, 4.69) is 28.6 Å². The van der Waals surface area contributed by atoms with Gasteiger partial charge in [0.1, 0.15) is 18.1 Å². The zero-order chi connectivity index (χ0) is 20.0. The van der Waals surface area contributed by atoms with Gasteiger partial charge in [-0.05, 0) is 32.2 Å². The molecule has 2 aliphatic rings. The molecule has 4 unspecified atom stereocenters. The van der Waals surface area contributed by atoms with E-state index in [-0.39, 0.29) is 17.7 Å². The Bertz CT molecular complexity index is 583. The molecule has 0 radical (unpaired) electrons. The molecule has 0 aromatic carbocycles. The van der Waals surface area contributed by atoms with Crippen molar-refractivity contribution in [1.29, 1.82) is 0 Å². The van der Waals surface area contributed by atoms with Gasteiger partial charge in [-0.25, -0.2) is 4.79 Å². The molecule has 10 nitrogen and oxygen atoms in total. The van der Waals surface area contributed by atoms with Gasteiger partial charge in [-0.2, -0.15) is 12.6 Å². The summed E-state index contributed by atoms with van der Waals surface area (Å²) < 4.78 is 0. The van der Waals surface area contributed by atoms with Crippen LogP contribution in [-0.4, -0.2) is 88.4 Å². The largest absolute Gasteiger partial charge is 0.480 e. The van der Waals surface area contributed by atoms with Gasteiger partial charge in [-0.1, -0.05) is 0 Å². The second-order valence-corrected chi connectivity index (χ2v) is 7.03. The van der Waals surface area contributed by atoms with E-state index in [0.29, 0.717) is 19.4 Å². The fraction of sp³-hybridized carbons (Fsp3) is 0.750. The van der Waals surface area contributed by atoms with Crippen LogP contribution in [0.3, 0.4) is 0 Å². The minimum Gasteiger partial charge on any atom is -0.480 e. The highest BCUT2D eigenvalue weighted by Crippen LogP contribution is 2.21. The zero-order valence-corrected chi connectivity index (χ0v) is 15.8. The number of likely N-dealkylation sites (tertiary alicyclic amines) is 1. The fourth-order valence-corrected chi connectivity index (χ4v) is 3.57. The third-order valence-corrected chi connectivity index (χ3v) is 5.17. The van der Waals surface area contributed by atoms with Crippen LogP contribution in [0.15, 0.2) is 0 Å². The number of nitrogens with zero attached hydrogens (tertiary/aromatic N) is 1. The number of thiol groups is 1. The molecule has 0 aromatic heterocycles. The lowest BCUT2D eigenvalue weighted by Gasteiger charge is -2.28. The molecule has 5 N–H and O–H groups in total. The molecule has 2 heterocycles. The Morgan fingerprint density at radius 3 is 2.44 bits per heavy atom. The van der Waals surface area contributed by atoms with Gasteiger partial charge in [0.15, 0.2) is 0 Å². The van der Waals surface area contributed by atoms with Crippen LogP contribution in [0.2, 0.25) is 0 Å². The van der Waals surface area contributed by atoms with Crippen molar-refractivity contribution in [1.82, 2.24) is 20.9 Å². The topological polar surface area (TPSA) is 148 Å². The van der Waals surface area contributed by atoms with Crippen molar-refractivity contribution in [3.8, 4) is 0 Å². The van der Waals surface area contributed by atoms with Crippen molar-refractivity contribution in [2.45, 2.75) is 49.9 Å². The van der Waals surface area contributed by atoms with Crippen molar-refractivity contribution < 1.29 is 29.4 Å². The summed E-state index contributed by atoms with van der Waals surface area (Å²) in [6.45, 7) is 0.539. The maximum atomic E-state index is 12.6. The summed E-state index contributed by atoms with van der Waals surface area (Å²) in [7, 11) is 0. The molecular formula is C16H26N4O6S. The molecule has 2 fully saturated rings. The SMILES string of the molecule is O=C(O)C(CS)NC(=O)C(CO)NC(=O)C1CCCN1C(=O)C1CCCN1. The number of carbonyl (C=O) groups is 4. The van der Waals surface area contributed by atoms with Gasteiger partial charge in [0.25, 0.3) is 0 Å². The highest BCUT2D eigenvalue weighted by molar-refractivity contribution is 7.80. The molecule has 2 aliphatic heterocycles. The smallest absolute Gasteiger partial charge is 0.327 e. The first-order valence-corrected chi connectivity index (χ1v) is 9.61. The minimum absolute atomic E-state index is 0.129. The summed E-state index contributed by atoms with van der Waals surface area (Å²) >= 11 is 3.85. The number of rotatable bonds is 8. The summed E-state index contributed by atoms with van der Waals surface area (Å²) in [4.78, 5) is 49.8. The Morgan fingerprint density at radius 1 is 1.15 bits per heavy atom. The summed E-state index contributed by atoms with van der Waals surface area (Å²) in [6, 6.07) is -3.53. The van der Waals surface area contributed by atoms with Crippen molar-refractivity contribution >= 4 is 36.3 Å². The molecule has 11 heteroatoms. The molecule has 0 spiro atoms. The highest BCUT2D eigenvalue weighted by Gasteiger charge is 2.39. The number of aliphatic hydroxyl groups excluding tert-OH is 1. The van der Waals surface area contributed by atoms with E-state index >= 15 is 0 Å². The van der Waals surface area contributed by atoms with Gasteiger partial charge in [0, 0.05) is 12.3 Å². The summed E-state index contributed by atoms with van der Waals surface area (Å²) in [5.74, 6) is -2.88. The van der Waals surface area contributed by atoms with Crippen LogP contribution in [0.1, 0.15) is 25.7 Å². The fourth-order valence-electron chi connectivity index (χ4n) is 3.32. The molecule has 152 valence electrons. The zero-order valence-electron chi connectivity index (χ0n) is 14.9. The number of carbonyl (C=O) groups excluding carboxylic acids is 3. The molecule has 2 saturated heterocycles.